The molecule has 0 atom stereocenters. The highest BCUT2D eigenvalue weighted by Crippen LogP contribution is 2.25. The van der Waals surface area contributed by atoms with Crippen molar-refractivity contribution in [3.63, 3.8) is 0 Å². The van der Waals surface area contributed by atoms with Crippen molar-refractivity contribution in [2.75, 3.05) is 0 Å². The fraction of sp³-hybridized carbons (Fsp3) is 0.286. The van der Waals surface area contributed by atoms with Crippen molar-refractivity contribution in [3.8, 4) is 10.6 Å². The predicted octanol–water partition coefficient (Wildman–Crippen LogP) is 3.39. The third-order valence-corrected chi connectivity index (χ3v) is 3.54. The lowest BCUT2D eigenvalue weighted by molar-refractivity contribution is -0.136. The fourth-order valence-electron chi connectivity index (χ4n) is 1.82. The largest absolute Gasteiger partial charge is 0.481 e. The summed E-state index contributed by atoms with van der Waals surface area (Å²) in [7, 11) is 0. The topological polar surface area (TPSA) is 50.2 Å². The van der Waals surface area contributed by atoms with Crippen molar-refractivity contribution in [2.24, 2.45) is 0 Å². The van der Waals surface area contributed by atoms with Gasteiger partial charge >= 0.3 is 5.97 Å². The minimum atomic E-state index is -0.841. The number of rotatable bonds is 5. The first-order valence-electron chi connectivity index (χ1n) is 5.94. The summed E-state index contributed by atoms with van der Waals surface area (Å²) in [6.45, 7) is 2.15. The molecule has 0 bridgehead atoms. The number of aromatic nitrogens is 1. The van der Waals surface area contributed by atoms with Gasteiger partial charge in [-0.3, -0.25) is 4.79 Å². The molecule has 0 saturated heterocycles. The summed E-state index contributed by atoms with van der Waals surface area (Å²) < 4.78 is 0. The maximum Gasteiger partial charge on any atom is 0.309 e. The maximum absolute atomic E-state index is 10.6. The van der Waals surface area contributed by atoms with Crippen LogP contribution in [0.3, 0.4) is 0 Å². The van der Waals surface area contributed by atoms with Crippen LogP contribution >= 0.6 is 11.3 Å². The van der Waals surface area contributed by atoms with Gasteiger partial charge in [-0.25, -0.2) is 4.98 Å². The quantitative estimate of drug-likeness (QED) is 0.897. The molecular formula is C14H15NO2S. The van der Waals surface area contributed by atoms with Gasteiger partial charge in [0.05, 0.1) is 12.1 Å². The maximum atomic E-state index is 10.6. The minimum absolute atomic E-state index is 0.00878. The number of thiazole rings is 1. The highest BCUT2D eigenvalue weighted by Gasteiger charge is 2.08. The van der Waals surface area contributed by atoms with Crippen LogP contribution in [-0.4, -0.2) is 16.1 Å². The molecule has 2 aromatic rings. The first kappa shape index (κ1) is 12.8. The second kappa shape index (κ2) is 5.78. The lowest BCUT2D eigenvalue weighted by Gasteiger charge is -2.01. The Hall–Kier alpha value is -1.68. The van der Waals surface area contributed by atoms with E-state index in [1.165, 1.54) is 16.9 Å². The first-order chi connectivity index (χ1) is 8.69. The lowest BCUT2D eigenvalue weighted by atomic mass is 10.1. The molecular weight excluding hydrogens is 246 g/mol. The van der Waals surface area contributed by atoms with Crippen LogP contribution in [-0.2, 0) is 17.6 Å². The standard InChI is InChI=1S/C14H15NO2S/c1-2-4-10-5-3-6-11(7-10)14-15-12(9-18-14)8-13(16)17/h3,5-7,9H,2,4,8H2,1H3,(H,16,17). The molecule has 3 nitrogen and oxygen atoms in total. The Morgan fingerprint density at radius 3 is 3.00 bits per heavy atom. The predicted molar refractivity (Wildman–Crippen MR) is 72.9 cm³/mol. The molecule has 18 heavy (non-hydrogen) atoms. The van der Waals surface area contributed by atoms with E-state index >= 15 is 0 Å². The molecule has 0 aliphatic carbocycles. The van der Waals surface area contributed by atoms with Gasteiger partial charge in [0.1, 0.15) is 5.01 Å². The van der Waals surface area contributed by atoms with Crippen LogP contribution in [0.2, 0.25) is 0 Å². The Labute approximate surface area is 110 Å². The smallest absolute Gasteiger partial charge is 0.309 e. The number of benzene rings is 1. The number of aliphatic carboxylic acids is 1. The third kappa shape index (κ3) is 3.17. The molecule has 0 aliphatic rings. The zero-order valence-electron chi connectivity index (χ0n) is 10.2. The van der Waals surface area contributed by atoms with Crippen LogP contribution < -0.4 is 0 Å². The zero-order chi connectivity index (χ0) is 13.0. The van der Waals surface area contributed by atoms with E-state index in [1.807, 2.05) is 17.5 Å². The number of carboxylic acids is 1. The lowest BCUT2D eigenvalue weighted by Crippen LogP contribution is -1.99. The molecule has 1 aromatic carbocycles. The Balaban J connectivity index is 2.22. The second-order valence-corrected chi connectivity index (χ2v) is 5.02. The number of nitrogens with zero attached hydrogens (tertiary/aromatic N) is 1. The molecule has 0 spiro atoms. The highest BCUT2D eigenvalue weighted by atomic mass is 32.1. The number of carbonyl (C=O) groups is 1. The molecule has 0 aliphatic heterocycles. The Morgan fingerprint density at radius 1 is 1.44 bits per heavy atom. The van der Waals surface area contributed by atoms with Crippen molar-refractivity contribution in [3.05, 3.63) is 40.9 Å². The van der Waals surface area contributed by atoms with Gasteiger partial charge < -0.3 is 5.11 Å². The van der Waals surface area contributed by atoms with Crippen molar-refractivity contribution in [2.45, 2.75) is 26.2 Å². The van der Waals surface area contributed by atoms with Crippen LogP contribution in [0.25, 0.3) is 10.6 Å². The second-order valence-electron chi connectivity index (χ2n) is 4.16. The molecule has 1 aromatic heterocycles. The molecule has 0 amide bonds. The molecule has 4 heteroatoms. The summed E-state index contributed by atoms with van der Waals surface area (Å²) in [5.74, 6) is -0.841. The number of hydrogen-bond acceptors (Lipinski definition) is 3. The molecule has 1 N–H and O–H groups in total. The molecule has 0 unspecified atom stereocenters. The highest BCUT2D eigenvalue weighted by molar-refractivity contribution is 7.13. The van der Waals surface area contributed by atoms with Crippen LogP contribution in [0.15, 0.2) is 29.6 Å². The average molecular weight is 261 g/mol. The van der Waals surface area contributed by atoms with Gasteiger partial charge in [0.15, 0.2) is 0 Å². The van der Waals surface area contributed by atoms with Crippen molar-refractivity contribution in [1.29, 1.82) is 0 Å². The van der Waals surface area contributed by atoms with Gasteiger partial charge in [-0.1, -0.05) is 31.5 Å². The molecule has 0 saturated carbocycles. The number of carboxylic acid groups (broad SMARTS) is 1. The van der Waals surface area contributed by atoms with E-state index in [-0.39, 0.29) is 6.42 Å². The monoisotopic (exact) mass is 261 g/mol. The van der Waals surface area contributed by atoms with Crippen LogP contribution in [0.5, 0.6) is 0 Å². The van der Waals surface area contributed by atoms with Gasteiger partial charge in [0.2, 0.25) is 0 Å². The molecule has 94 valence electrons. The van der Waals surface area contributed by atoms with Gasteiger partial charge in [-0.15, -0.1) is 11.3 Å². The van der Waals surface area contributed by atoms with E-state index in [0.717, 1.165) is 23.4 Å². The van der Waals surface area contributed by atoms with Crippen molar-refractivity contribution < 1.29 is 9.90 Å². The SMILES string of the molecule is CCCc1cccc(-c2nc(CC(=O)O)cs2)c1. The van der Waals surface area contributed by atoms with Crippen molar-refractivity contribution in [1.82, 2.24) is 4.98 Å². The molecule has 0 radical (unpaired) electrons. The van der Waals surface area contributed by atoms with Crippen LogP contribution in [0, 0.1) is 0 Å². The fourth-order valence-corrected chi connectivity index (χ4v) is 2.64. The van der Waals surface area contributed by atoms with Gasteiger partial charge in [0.25, 0.3) is 0 Å². The Morgan fingerprint density at radius 2 is 2.28 bits per heavy atom. The van der Waals surface area contributed by atoms with Crippen LogP contribution in [0.4, 0.5) is 0 Å². The summed E-state index contributed by atoms with van der Waals surface area (Å²) in [4.78, 5) is 15.0. The van der Waals surface area contributed by atoms with E-state index < -0.39 is 5.97 Å². The van der Waals surface area contributed by atoms with Crippen molar-refractivity contribution >= 4 is 17.3 Å². The van der Waals surface area contributed by atoms with E-state index in [1.54, 1.807) is 0 Å². The van der Waals surface area contributed by atoms with Gasteiger partial charge in [-0.05, 0) is 18.1 Å². The summed E-state index contributed by atoms with van der Waals surface area (Å²) >= 11 is 1.50. The average Bonchev–Trinajstić information content (AvgIpc) is 2.77. The number of hydrogen-bond donors (Lipinski definition) is 1. The van der Waals surface area contributed by atoms with E-state index in [2.05, 4.69) is 24.0 Å². The summed E-state index contributed by atoms with van der Waals surface area (Å²) in [5.41, 5.74) is 3.00. The first-order valence-corrected chi connectivity index (χ1v) is 6.82. The van der Waals surface area contributed by atoms with E-state index in [0.29, 0.717) is 5.69 Å². The van der Waals surface area contributed by atoms with Gasteiger partial charge in [-0.2, -0.15) is 0 Å². The normalized spacial score (nSPS) is 10.5. The van der Waals surface area contributed by atoms with Crippen LogP contribution in [0.1, 0.15) is 24.6 Å². The summed E-state index contributed by atoms with van der Waals surface area (Å²) in [5, 5.41) is 11.4. The summed E-state index contributed by atoms with van der Waals surface area (Å²) in [6.07, 6.45) is 2.16. The molecule has 0 fully saturated rings. The Bertz CT molecular complexity index is 548. The molecule has 2 rings (SSSR count). The zero-order valence-corrected chi connectivity index (χ0v) is 11.0. The minimum Gasteiger partial charge on any atom is -0.481 e. The molecule has 1 heterocycles. The van der Waals surface area contributed by atoms with Gasteiger partial charge in [0, 0.05) is 10.9 Å². The number of aryl methyl sites for hydroxylation is 1. The summed E-state index contributed by atoms with van der Waals surface area (Å²) in [6, 6.07) is 8.28. The van der Waals surface area contributed by atoms with E-state index in [4.69, 9.17) is 5.11 Å². The van der Waals surface area contributed by atoms with E-state index in [9.17, 15) is 4.79 Å². The Kier molecular flexibility index (Phi) is 4.10. The third-order valence-electron chi connectivity index (χ3n) is 2.60.